The lowest BCUT2D eigenvalue weighted by Crippen LogP contribution is -2.34. The molecule has 0 atom stereocenters. The van der Waals surface area contributed by atoms with Gasteiger partial charge in [-0.25, -0.2) is 13.1 Å². The molecule has 1 aromatic heterocycles. The molecule has 20 heavy (non-hydrogen) atoms. The van der Waals surface area contributed by atoms with E-state index in [0.29, 0.717) is 29.4 Å². The van der Waals surface area contributed by atoms with Gasteiger partial charge < -0.3 is 5.73 Å². The van der Waals surface area contributed by atoms with Crippen molar-refractivity contribution in [1.29, 1.82) is 0 Å². The first-order valence-electron chi connectivity index (χ1n) is 7.13. The van der Waals surface area contributed by atoms with Gasteiger partial charge in [-0.3, -0.25) is 4.68 Å². The maximum Gasteiger partial charge on any atom is 0.244 e. The molecule has 0 spiro atoms. The Kier molecular flexibility index (Phi) is 6.16. The number of aromatic nitrogens is 2. The van der Waals surface area contributed by atoms with Gasteiger partial charge in [0.25, 0.3) is 0 Å². The average molecular weight is 302 g/mol. The average Bonchev–Trinajstić information content (AvgIpc) is 2.68. The SMILES string of the molecule is CCC(CC)NS(=O)(=O)c1c(C)nn(CCCN)c1C. The molecule has 0 amide bonds. The Morgan fingerprint density at radius 3 is 2.40 bits per heavy atom. The van der Waals surface area contributed by atoms with Crippen molar-refractivity contribution in [2.45, 2.75) is 64.4 Å². The monoisotopic (exact) mass is 302 g/mol. The van der Waals surface area contributed by atoms with Crippen LogP contribution < -0.4 is 10.5 Å². The maximum atomic E-state index is 12.5. The largest absolute Gasteiger partial charge is 0.330 e. The van der Waals surface area contributed by atoms with Gasteiger partial charge in [0.15, 0.2) is 0 Å². The van der Waals surface area contributed by atoms with E-state index in [1.165, 1.54) is 0 Å². The van der Waals surface area contributed by atoms with Crippen molar-refractivity contribution >= 4 is 10.0 Å². The molecule has 3 N–H and O–H groups in total. The summed E-state index contributed by atoms with van der Waals surface area (Å²) < 4.78 is 29.5. The van der Waals surface area contributed by atoms with Crippen LogP contribution in [-0.4, -0.2) is 30.8 Å². The van der Waals surface area contributed by atoms with E-state index < -0.39 is 10.0 Å². The van der Waals surface area contributed by atoms with Crippen LogP contribution in [0.5, 0.6) is 0 Å². The Morgan fingerprint density at radius 1 is 1.30 bits per heavy atom. The number of nitrogens with one attached hydrogen (secondary N) is 1. The minimum atomic E-state index is -3.51. The van der Waals surface area contributed by atoms with E-state index in [-0.39, 0.29) is 6.04 Å². The van der Waals surface area contributed by atoms with Gasteiger partial charge in [-0.15, -0.1) is 0 Å². The molecule has 7 heteroatoms. The zero-order valence-corrected chi connectivity index (χ0v) is 13.6. The van der Waals surface area contributed by atoms with Gasteiger partial charge in [-0.1, -0.05) is 13.8 Å². The summed E-state index contributed by atoms with van der Waals surface area (Å²) in [6.07, 6.45) is 2.33. The number of hydrogen-bond acceptors (Lipinski definition) is 4. The van der Waals surface area contributed by atoms with Crippen LogP contribution in [0.25, 0.3) is 0 Å². The van der Waals surface area contributed by atoms with Crippen molar-refractivity contribution in [2.75, 3.05) is 6.54 Å². The van der Waals surface area contributed by atoms with Gasteiger partial charge in [0, 0.05) is 12.6 Å². The Morgan fingerprint density at radius 2 is 1.90 bits per heavy atom. The van der Waals surface area contributed by atoms with Crippen LogP contribution in [0.3, 0.4) is 0 Å². The molecular weight excluding hydrogens is 276 g/mol. The second-order valence-electron chi connectivity index (χ2n) is 5.00. The fraction of sp³-hybridized carbons (Fsp3) is 0.769. The molecule has 1 heterocycles. The van der Waals surface area contributed by atoms with Crippen molar-refractivity contribution in [1.82, 2.24) is 14.5 Å². The third-order valence-corrected chi connectivity index (χ3v) is 5.24. The molecule has 0 saturated carbocycles. The first-order valence-corrected chi connectivity index (χ1v) is 8.62. The predicted molar refractivity (Wildman–Crippen MR) is 80.1 cm³/mol. The molecule has 0 saturated heterocycles. The van der Waals surface area contributed by atoms with Gasteiger partial charge in [-0.05, 0) is 39.7 Å². The number of hydrogen-bond donors (Lipinski definition) is 2. The zero-order chi connectivity index (χ0) is 15.3. The van der Waals surface area contributed by atoms with E-state index in [1.54, 1.807) is 18.5 Å². The van der Waals surface area contributed by atoms with Crippen molar-refractivity contribution in [2.24, 2.45) is 5.73 Å². The Hall–Kier alpha value is -0.920. The second kappa shape index (κ2) is 7.19. The van der Waals surface area contributed by atoms with Gasteiger partial charge >= 0.3 is 0 Å². The second-order valence-corrected chi connectivity index (χ2v) is 6.65. The van der Waals surface area contributed by atoms with Crippen molar-refractivity contribution in [3.8, 4) is 0 Å². The molecule has 0 bridgehead atoms. The number of nitrogens with two attached hydrogens (primary N) is 1. The summed E-state index contributed by atoms with van der Waals surface area (Å²) in [5, 5.41) is 4.31. The van der Waals surface area contributed by atoms with Crippen LogP contribution in [0.15, 0.2) is 4.90 Å². The third kappa shape index (κ3) is 3.80. The van der Waals surface area contributed by atoms with Crippen LogP contribution in [0.1, 0.15) is 44.5 Å². The van der Waals surface area contributed by atoms with E-state index in [2.05, 4.69) is 9.82 Å². The highest BCUT2D eigenvalue weighted by Crippen LogP contribution is 2.20. The van der Waals surface area contributed by atoms with Gasteiger partial charge in [-0.2, -0.15) is 5.10 Å². The molecule has 0 aliphatic heterocycles. The highest BCUT2D eigenvalue weighted by molar-refractivity contribution is 7.89. The van der Waals surface area contributed by atoms with E-state index >= 15 is 0 Å². The van der Waals surface area contributed by atoms with Gasteiger partial charge in [0.1, 0.15) is 4.90 Å². The molecular formula is C13H26N4O2S. The lowest BCUT2D eigenvalue weighted by Gasteiger charge is -2.15. The fourth-order valence-electron chi connectivity index (χ4n) is 2.26. The molecule has 0 fully saturated rings. The van der Waals surface area contributed by atoms with E-state index in [0.717, 1.165) is 19.3 Å². The molecule has 1 aromatic rings. The van der Waals surface area contributed by atoms with E-state index in [1.807, 2.05) is 13.8 Å². The lowest BCUT2D eigenvalue weighted by molar-refractivity contribution is 0.528. The molecule has 116 valence electrons. The van der Waals surface area contributed by atoms with Crippen LogP contribution >= 0.6 is 0 Å². The highest BCUT2D eigenvalue weighted by Gasteiger charge is 2.26. The Labute approximate surface area is 121 Å². The quantitative estimate of drug-likeness (QED) is 0.757. The normalized spacial score (nSPS) is 12.3. The summed E-state index contributed by atoms with van der Waals surface area (Å²) in [7, 11) is -3.51. The van der Waals surface area contributed by atoms with Crippen LogP contribution in [0.2, 0.25) is 0 Å². The summed E-state index contributed by atoms with van der Waals surface area (Å²) in [4.78, 5) is 0.307. The maximum absolute atomic E-state index is 12.5. The van der Waals surface area contributed by atoms with E-state index in [4.69, 9.17) is 5.73 Å². The van der Waals surface area contributed by atoms with Gasteiger partial charge in [0.05, 0.1) is 11.4 Å². The standard InChI is InChI=1S/C13H26N4O2S/c1-5-12(6-2)16-20(18,19)13-10(3)15-17(11(13)4)9-7-8-14/h12,16H,5-9,14H2,1-4H3. The summed E-state index contributed by atoms with van der Waals surface area (Å²) in [5.41, 5.74) is 6.70. The number of sulfonamides is 1. The molecule has 0 unspecified atom stereocenters. The minimum Gasteiger partial charge on any atom is -0.330 e. The smallest absolute Gasteiger partial charge is 0.244 e. The molecule has 0 aromatic carbocycles. The summed E-state index contributed by atoms with van der Waals surface area (Å²) in [6.45, 7) is 8.67. The fourth-order valence-corrected chi connectivity index (χ4v) is 4.08. The lowest BCUT2D eigenvalue weighted by atomic mass is 10.2. The number of nitrogens with zero attached hydrogens (tertiary/aromatic N) is 2. The molecule has 1 rings (SSSR count). The Balaban J connectivity index is 3.09. The molecule has 0 aliphatic rings. The van der Waals surface area contributed by atoms with Crippen molar-refractivity contribution in [3.05, 3.63) is 11.4 Å². The zero-order valence-electron chi connectivity index (χ0n) is 12.8. The summed E-state index contributed by atoms with van der Waals surface area (Å²) in [5.74, 6) is 0. The van der Waals surface area contributed by atoms with Gasteiger partial charge in [0.2, 0.25) is 10.0 Å². The highest BCUT2D eigenvalue weighted by atomic mass is 32.2. The van der Waals surface area contributed by atoms with Crippen LogP contribution in [0.4, 0.5) is 0 Å². The number of aryl methyl sites for hydroxylation is 2. The van der Waals surface area contributed by atoms with Crippen LogP contribution in [0, 0.1) is 13.8 Å². The summed E-state index contributed by atoms with van der Waals surface area (Å²) >= 11 is 0. The van der Waals surface area contributed by atoms with Crippen molar-refractivity contribution in [3.63, 3.8) is 0 Å². The molecule has 0 radical (unpaired) electrons. The predicted octanol–water partition coefficient (Wildman–Crippen LogP) is 1.32. The van der Waals surface area contributed by atoms with Crippen LogP contribution in [-0.2, 0) is 16.6 Å². The minimum absolute atomic E-state index is 0.0359. The van der Waals surface area contributed by atoms with Crippen molar-refractivity contribution < 1.29 is 8.42 Å². The number of rotatable bonds is 8. The topological polar surface area (TPSA) is 90.0 Å². The Bertz CT molecular complexity index is 533. The molecule has 0 aliphatic carbocycles. The van der Waals surface area contributed by atoms with E-state index in [9.17, 15) is 8.42 Å². The molecule has 6 nitrogen and oxygen atoms in total. The third-order valence-electron chi connectivity index (χ3n) is 3.47. The first-order chi connectivity index (χ1) is 9.37. The summed E-state index contributed by atoms with van der Waals surface area (Å²) in [6, 6.07) is -0.0359. The first kappa shape index (κ1) is 17.1.